The molecule has 0 atom stereocenters. The lowest BCUT2D eigenvalue weighted by Gasteiger charge is -2.44. The van der Waals surface area contributed by atoms with Crippen molar-refractivity contribution in [1.82, 2.24) is 0 Å². The lowest BCUT2D eigenvalue weighted by molar-refractivity contribution is 0.173. The highest BCUT2D eigenvalue weighted by Gasteiger charge is 2.47. The average molecular weight is 707 g/mol. The Morgan fingerprint density at radius 1 is 0.635 bits per heavy atom. The number of hydrogen-bond acceptors (Lipinski definition) is 9. The molecule has 52 heavy (non-hydrogen) atoms. The van der Waals surface area contributed by atoms with Gasteiger partial charge < -0.3 is 38.2 Å². The maximum Gasteiger partial charge on any atom is 0.264 e. The van der Waals surface area contributed by atoms with Crippen molar-refractivity contribution in [2.24, 2.45) is 0 Å². The van der Waals surface area contributed by atoms with Gasteiger partial charge in [-0.05, 0) is 102 Å². The molecule has 5 aliphatic rings. The molecule has 6 heterocycles. The lowest BCUT2D eigenvalue weighted by Crippen LogP contribution is -2.60. The van der Waals surface area contributed by atoms with Crippen molar-refractivity contribution in [2.45, 2.75) is 47.0 Å². The van der Waals surface area contributed by atoms with Gasteiger partial charge in [-0.25, -0.2) is 0 Å². The molecule has 258 valence electrons. The van der Waals surface area contributed by atoms with E-state index in [1.165, 1.54) is 37.0 Å². The van der Waals surface area contributed by atoms with E-state index in [4.69, 9.17) is 28.4 Å². The number of fused-ring (bicyclic) bond motifs is 9. The van der Waals surface area contributed by atoms with Gasteiger partial charge in [0.05, 0.1) is 17.1 Å². The van der Waals surface area contributed by atoms with Crippen molar-refractivity contribution < 1.29 is 28.4 Å². The summed E-state index contributed by atoms with van der Waals surface area (Å²) >= 11 is 1.88. The Hall–Kier alpha value is -5.48. The molecule has 0 N–H and O–H groups in total. The molecule has 1 aromatic heterocycles. The van der Waals surface area contributed by atoms with Crippen LogP contribution >= 0.6 is 11.3 Å². The van der Waals surface area contributed by atoms with Crippen molar-refractivity contribution in [3.63, 3.8) is 0 Å². The summed E-state index contributed by atoms with van der Waals surface area (Å²) in [5.41, 5.74) is 13.7. The van der Waals surface area contributed by atoms with E-state index < -0.39 is 0 Å². The van der Waals surface area contributed by atoms with Gasteiger partial charge in [-0.3, -0.25) is 0 Å². The van der Waals surface area contributed by atoms with Gasteiger partial charge >= 0.3 is 0 Å². The summed E-state index contributed by atoms with van der Waals surface area (Å²) in [6, 6.07) is 24.4. The summed E-state index contributed by atoms with van der Waals surface area (Å²) in [7, 11) is 0. The zero-order valence-electron chi connectivity index (χ0n) is 29.8. The standard InChI is InChI=1S/C42H35BN2O6S/c1-21-11-29-37-30(12-21)45(38-22(2)13-35-40(23(38)3)51-20-50-35)39-26-14-24(42(4,5)6)7-10-36(26)52-41(39)43(37)27-16-33-34(49-19-48-33)17-28(27)44(29)25-8-9-31-32(15-25)47-18-46-31/h7-17H,18-20H2,1-6H3. The smallest absolute Gasteiger partial charge is 0.264 e. The first-order chi connectivity index (χ1) is 25.1. The molecular formula is C42H35BN2O6S. The monoisotopic (exact) mass is 706 g/mol. The molecule has 0 saturated heterocycles. The van der Waals surface area contributed by atoms with Gasteiger partial charge in [0.15, 0.2) is 34.5 Å². The van der Waals surface area contributed by atoms with Gasteiger partial charge in [-0.15, -0.1) is 11.3 Å². The summed E-state index contributed by atoms with van der Waals surface area (Å²) in [6.45, 7) is 14.0. The Kier molecular flexibility index (Phi) is 5.99. The largest absolute Gasteiger partial charge is 0.454 e. The summed E-state index contributed by atoms with van der Waals surface area (Å²) in [5.74, 6) is 4.60. The van der Waals surface area contributed by atoms with Crippen molar-refractivity contribution in [3.8, 4) is 34.5 Å². The Morgan fingerprint density at radius 2 is 1.33 bits per heavy atom. The summed E-state index contributed by atoms with van der Waals surface area (Å²) < 4.78 is 38.3. The highest BCUT2D eigenvalue weighted by Crippen LogP contribution is 2.54. The molecule has 10 heteroatoms. The van der Waals surface area contributed by atoms with Crippen molar-refractivity contribution in [1.29, 1.82) is 0 Å². The van der Waals surface area contributed by atoms with E-state index in [1.807, 2.05) is 17.4 Å². The number of benzene rings is 5. The van der Waals surface area contributed by atoms with Gasteiger partial charge in [0, 0.05) is 49.6 Å². The highest BCUT2D eigenvalue weighted by molar-refractivity contribution is 7.33. The quantitative estimate of drug-likeness (QED) is 0.166. The van der Waals surface area contributed by atoms with Crippen molar-refractivity contribution in [3.05, 3.63) is 89.0 Å². The van der Waals surface area contributed by atoms with Crippen LogP contribution in [-0.4, -0.2) is 27.1 Å². The number of ether oxygens (including phenoxy) is 6. The summed E-state index contributed by atoms with van der Waals surface area (Å²) in [5, 5.41) is 1.25. The molecule has 0 spiro atoms. The van der Waals surface area contributed by atoms with Gasteiger partial charge in [0.1, 0.15) is 0 Å². The third-order valence-corrected chi connectivity index (χ3v) is 12.3. The maximum absolute atomic E-state index is 6.12. The van der Waals surface area contributed by atoms with Crippen LogP contribution in [-0.2, 0) is 5.41 Å². The minimum Gasteiger partial charge on any atom is -0.454 e. The van der Waals surface area contributed by atoms with E-state index in [2.05, 4.69) is 112 Å². The van der Waals surface area contributed by atoms with E-state index in [0.29, 0.717) is 0 Å². The third kappa shape index (κ3) is 4.04. The Labute approximate surface area is 306 Å². The molecule has 0 bridgehead atoms. The van der Waals surface area contributed by atoms with Crippen LogP contribution in [0.25, 0.3) is 10.1 Å². The fourth-order valence-electron chi connectivity index (χ4n) is 8.71. The molecule has 11 rings (SSSR count). The van der Waals surface area contributed by atoms with E-state index in [-0.39, 0.29) is 32.5 Å². The Balaban J connectivity index is 1.27. The number of hydrogen-bond donors (Lipinski definition) is 0. The second-order valence-electron chi connectivity index (χ2n) is 15.3. The molecule has 6 aromatic rings. The van der Waals surface area contributed by atoms with Crippen LogP contribution in [0.15, 0.2) is 66.7 Å². The fourth-order valence-corrected chi connectivity index (χ4v) is 10.0. The van der Waals surface area contributed by atoms with E-state index >= 15 is 0 Å². The van der Waals surface area contributed by atoms with Crippen LogP contribution in [0.2, 0.25) is 0 Å². The number of thiophene rings is 1. The predicted octanol–water partition coefficient (Wildman–Crippen LogP) is 8.39. The average Bonchev–Trinajstić information content (AvgIpc) is 3.93. The van der Waals surface area contributed by atoms with E-state index in [0.717, 1.165) is 79.6 Å². The molecule has 0 fully saturated rings. The molecule has 5 aliphatic heterocycles. The minimum absolute atomic E-state index is 0.0186. The minimum atomic E-state index is -0.0586. The molecule has 8 nitrogen and oxygen atoms in total. The van der Waals surface area contributed by atoms with Crippen LogP contribution in [0, 0.1) is 20.8 Å². The predicted molar refractivity (Wildman–Crippen MR) is 207 cm³/mol. The number of aryl methyl sites for hydroxylation is 2. The van der Waals surface area contributed by atoms with Crippen LogP contribution in [0.1, 0.15) is 43.0 Å². The first-order valence-electron chi connectivity index (χ1n) is 17.7. The molecule has 0 amide bonds. The zero-order chi connectivity index (χ0) is 35.2. The normalized spacial score (nSPS) is 15.7. The maximum atomic E-state index is 6.12. The van der Waals surface area contributed by atoms with E-state index in [1.54, 1.807) is 0 Å². The van der Waals surface area contributed by atoms with Crippen LogP contribution in [0.5, 0.6) is 34.5 Å². The second-order valence-corrected chi connectivity index (χ2v) is 16.4. The van der Waals surface area contributed by atoms with Crippen molar-refractivity contribution in [2.75, 3.05) is 30.2 Å². The molecule has 0 unspecified atom stereocenters. The first kappa shape index (κ1) is 30.2. The molecular weight excluding hydrogens is 671 g/mol. The fraction of sp³-hybridized carbons (Fsp3) is 0.238. The zero-order valence-corrected chi connectivity index (χ0v) is 30.6. The lowest BCUT2D eigenvalue weighted by atomic mass is 9.36. The van der Waals surface area contributed by atoms with Gasteiger partial charge in [-0.2, -0.15) is 0 Å². The number of anilines is 6. The first-order valence-corrected chi connectivity index (χ1v) is 18.5. The van der Waals surface area contributed by atoms with Crippen LogP contribution < -0.4 is 53.9 Å². The van der Waals surface area contributed by atoms with Gasteiger partial charge in [0.2, 0.25) is 20.4 Å². The SMILES string of the molecule is Cc1cc2c3c(c1)N(c1c(C)cc4c(c1C)OCO4)c1c(sc4ccc(C(C)(C)C)cc14)B3c1cc3c(cc1N2c1ccc2c(c1)OCO2)OCO3. The van der Waals surface area contributed by atoms with Crippen molar-refractivity contribution >= 4 is 78.0 Å². The van der Waals surface area contributed by atoms with Gasteiger partial charge in [-0.1, -0.05) is 26.8 Å². The molecule has 5 aromatic carbocycles. The highest BCUT2D eigenvalue weighted by atomic mass is 32.1. The molecule has 0 aliphatic carbocycles. The van der Waals surface area contributed by atoms with Gasteiger partial charge in [0.25, 0.3) is 6.71 Å². The van der Waals surface area contributed by atoms with Crippen LogP contribution in [0.4, 0.5) is 34.1 Å². The molecule has 0 radical (unpaired) electrons. The summed E-state index contributed by atoms with van der Waals surface area (Å²) in [6.07, 6.45) is 0. The third-order valence-electron chi connectivity index (χ3n) is 11.1. The van der Waals surface area contributed by atoms with E-state index in [9.17, 15) is 0 Å². The topological polar surface area (TPSA) is 61.9 Å². The van der Waals surface area contributed by atoms with Crippen LogP contribution in [0.3, 0.4) is 0 Å². The number of rotatable bonds is 2. The second kappa shape index (κ2) is 10.3. The summed E-state index contributed by atoms with van der Waals surface area (Å²) in [4.78, 5) is 4.88. The molecule has 0 saturated carbocycles. The Morgan fingerprint density at radius 3 is 2.12 bits per heavy atom. The number of nitrogens with zero attached hydrogens (tertiary/aromatic N) is 2. The Bertz CT molecular complexity index is 2570.